The van der Waals surface area contributed by atoms with Gasteiger partial charge in [-0.15, -0.1) is 0 Å². The summed E-state index contributed by atoms with van der Waals surface area (Å²) in [5.41, 5.74) is 11.0. The van der Waals surface area contributed by atoms with Crippen LogP contribution in [0.15, 0.2) is 18.2 Å². The Morgan fingerprint density at radius 3 is 2.83 bits per heavy atom. The first kappa shape index (κ1) is 19.0. The van der Waals surface area contributed by atoms with Crippen LogP contribution < -0.4 is 22.1 Å². The fourth-order valence-electron chi connectivity index (χ4n) is 4.32. The van der Waals surface area contributed by atoms with Crippen molar-refractivity contribution in [2.75, 3.05) is 19.4 Å². The summed E-state index contributed by atoms with van der Waals surface area (Å²) < 4.78 is 1.68. The van der Waals surface area contributed by atoms with E-state index in [1.165, 1.54) is 19.6 Å². The number of carbonyl (C=O) groups excluding carboxylic acids is 1. The molecule has 4 rings (SSSR count). The van der Waals surface area contributed by atoms with Crippen molar-refractivity contribution < 1.29 is 15.0 Å². The molecular formula is C18H22N8O3. The van der Waals surface area contributed by atoms with E-state index in [4.69, 9.17) is 11.5 Å². The van der Waals surface area contributed by atoms with Gasteiger partial charge >= 0.3 is 0 Å². The average molecular weight is 398 g/mol. The molecule has 1 unspecified atom stereocenters. The van der Waals surface area contributed by atoms with E-state index in [1.807, 2.05) is 0 Å². The van der Waals surface area contributed by atoms with E-state index in [1.54, 1.807) is 11.6 Å². The minimum Gasteiger partial charge on any atom is -0.402 e. The highest BCUT2D eigenvalue weighted by Crippen LogP contribution is 2.67. The molecule has 2 aromatic heterocycles. The van der Waals surface area contributed by atoms with Gasteiger partial charge in [-0.3, -0.25) is 4.79 Å². The Kier molecular flexibility index (Phi) is 4.33. The summed E-state index contributed by atoms with van der Waals surface area (Å²) in [6.45, 7) is 0. The number of nitrogens with zero attached hydrogens (tertiary/aromatic N) is 4. The third-order valence-corrected chi connectivity index (χ3v) is 5.80. The number of fused-ring (bicyclic) bond motifs is 2. The lowest BCUT2D eigenvalue weighted by Crippen LogP contribution is -2.41. The van der Waals surface area contributed by atoms with Crippen molar-refractivity contribution in [3.05, 3.63) is 24.0 Å². The number of rotatable bonds is 3. The van der Waals surface area contributed by atoms with Crippen molar-refractivity contribution in [1.29, 1.82) is 0 Å². The van der Waals surface area contributed by atoms with E-state index in [2.05, 4.69) is 37.4 Å². The maximum Gasteiger partial charge on any atom is 0.229 e. The van der Waals surface area contributed by atoms with Crippen molar-refractivity contribution in [3.8, 4) is 11.8 Å². The van der Waals surface area contributed by atoms with Crippen LogP contribution in [0.5, 0.6) is 0 Å². The summed E-state index contributed by atoms with van der Waals surface area (Å²) in [7, 11) is 3.21. The zero-order valence-corrected chi connectivity index (χ0v) is 15.9. The number of hydrogen-bond donors (Lipinski definition) is 6. The van der Waals surface area contributed by atoms with Crippen LogP contribution in [0.3, 0.4) is 0 Å². The summed E-state index contributed by atoms with van der Waals surface area (Å²) in [6, 6.07) is -0.554. The van der Waals surface area contributed by atoms with E-state index in [9.17, 15) is 15.0 Å². The minimum absolute atomic E-state index is 0.177. The van der Waals surface area contributed by atoms with Gasteiger partial charge in [-0.25, -0.2) is 15.0 Å². The monoisotopic (exact) mass is 398 g/mol. The Bertz CT molecular complexity index is 1080. The summed E-state index contributed by atoms with van der Waals surface area (Å²) >= 11 is 0. The highest BCUT2D eigenvalue weighted by molar-refractivity contribution is 5.88. The van der Waals surface area contributed by atoms with Crippen molar-refractivity contribution in [2.45, 2.75) is 24.7 Å². The highest BCUT2D eigenvalue weighted by Gasteiger charge is 2.75. The molecule has 1 amide bonds. The first-order chi connectivity index (χ1) is 13.9. The maximum absolute atomic E-state index is 12.4. The Morgan fingerprint density at radius 1 is 1.41 bits per heavy atom. The van der Waals surface area contributed by atoms with Crippen LogP contribution in [-0.4, -0.2) is 61.9 Å². The highest BCUT2D eigenvalue weighted by atomic mass is 16.3. The van der Waals surface area contributed by atoms with Crippen LogP contribution in [0.4, 0.5) is 5.82 Å². The molecule has 0 saturated heterocycles. The third kappa shape index (κ3) is 2.60. The van der Waals surface area contributed by atoms with Gasteiger partial charge in [-0.05, 0) is 18.3 Å². The molecule has 11 nitrogen and oxygen atoms in total. The van der Waals surface area contributed by atoms with Gasteiger partial charge in [0, 0.05) is 26.2 Å². The minimum atomic E-state index is -1.17. The molecule has 2 aliphatic rings. The lowest BCUT2D eigenvalue weighted by atomic mass is 9.98. The fraction of sp³-hybridized carbons (Fsp3) is 0.444. The van der Waals surface area contributed by atoms with Gasteiger partial charge in [0.1, 0.15) is 6.10 Å². The summed E-state index contributed by atoms with van der Waals surface area (Å²) in [5, 5.41) is 26.8. The predicted molar refractivity (Wildman–Crippen MR) is 104 cm³/mol. The fourth-order valence-corrected chi connectivity index (χ4v) is 4.32. The molecule has 0 aliphatic heterocycles. The summed E-state index contributed by atoms with van der Waals surface area (Å²) in [5.74, 6) is 5.52. The van der Waals surface area contributed by atoms with Crippen LogP contribution in [0.2, 0.25) is 0 Å². The molecule has 29 heavy (non-hydrogen) atoms. The van der Waals surface area contributed by atoms with Crippen LogP contribution >= 0.6 is 0 Å². The lowest BCUT2D eigenvalue weighted by molar-refractivity contribution is -0.132. The first-order valence-corrected chi connectivity index (χ1v) is 9.09. The number of aliphatic hydroxyl groups excluding tert-OH is 2. The normalized spacial score (nSPS) is 30.4. The molecule has 2 saturated carbocycles. The molecule has 2 fully saturated rings. The number of allylic oxidation sites excluding steroid dienone is 1. The smallest absolute Gasteiger partial charge is 0.229 e. The molecule has 0 spiro atoms. The quantitative estimate of drug-likeness (QED) is 0.319. The molecule has 2 heterocycles. The zero-order chi connectivity index (χ0) is 20.9. The van der Waals surface area contributed by atoms with Crippen molar-refractivity contribution in [3.63, 3.8) is 0 Å². The van der Waals surface area contributed by atoms with Gasteiger partial charge in [-0.1, -0.05) is 0 Å². The number of nitrogens with one attached hydrogen (secondary N) is 2. The van der Waals surface area contributed by atoms with Gasteiger partial charge in [0.15, 0.2) is 17.0 Å². The number of carbonyl (C=O) groups is 1. The van der Waals surface area contributed by atoms with Gasteiger partial charge in [0.2, 0.25) is 11.7 Å². The second kappa shape index (κ2) is 6.61. The van der Waals surface area contributed by atoms with Gasteiger partial charge in [0.05, 0.1) is 29.6 Å². The number of anilines is 1. The van der Waals surface area contributed by atoms with E-state index >= 15 is 0 Å². The Hall–Kier alpha value is -3.36. The number of imidazole rings is 1. The van der Waals surface area contributed by atoms with Crippen LogP contribution in [0, 0.1) is 23.2 Å². The second-order valence-electron chi connectivity index (χ2n) is 7.20. The van der Waals surface area contributed by atoms with Crippen molar-refractivity contribution in [1.82, 2.24) is 24.8 Å². The van der Waals surface area contributed by atoms with Crippen LogP contribution in [0.25, 0.3) is 11.2 Å². The standard InChI is InChI=1S/C18H22N8O3/c1-21-15-11-16(25-10(24-15)4-3-8(20)6-19)26(7-23-11)12-9-5-18(9,17(29)22-2)14(28)13(12)27/h6-7,9,12-14,27-28H,5,19-20H2,1-2H3,(H,22,29)(H,21,24,25)/b8-6-/t9?,12-,13+,14+,18-/m1/s1. The molecule has 11 heteroatoms. The molecule has 8 N–H and O–H groups in total. The average Bonchev–Trinajstić information content (AvgIpc) is 3.27. The molecular weight excluding hydrogens is 376 g/mol. The maximum atomic E-state index is 12.4. The molecule has 0 radical (unpaired) electrons. The lowest BCUT2D eigenvalue weighted by Gasteiger charge is -2.23. The number of aromatic nitrogens is 4. The summed E-state index contributed by atoms with van der Waals surface area (Å²) in [6.07, 6.45) is 0.876. The van der Waals surface area contributed by atoms with Gasteiger partial charge in [-0.2, -0.15) is 0 Å². The topological polar surface area (TPSA) is 177 Å². The predicted octanol–water partition coefficient (Wildman–Crippen LogP) is -1.99. The Balaban J connectivity index is 1.81. The van der Waals surface area contributed by atoms with Crippen LogP contribution in [0.1, 0.15) is 18.3 Å². The molecule has 0 aromatic carbocycles. The van der Waals surface area contributed by atoms with E-state index in [-0.39, 0.29) is 23.3 Å². The van der Waals surface area contributed by atoms with Crippen molar-refractivity contribution >= 4 is 22.9 Å². The largest absolute Gasteiger partial charge is 0.402 e. The van der Waals surface area contributed by atoms with Gasteiger partial charge < -0.3 is 36.9 Å². The number of nitrogens with two attached hydrogens (primary N) is 2. The van der Waals surface area contributed by atoms with E-state index in [0.29, 0.717) is 23.4 Å². The Morgan fingerprint density at radius 2 is 2.17 bits per heavy atom. The van der Waals surface area contributed by atoms with E-state index < -0.39 is 23.7 Å². The molecule has 2 aromatic rings. The van der Waals surface area contributed by atoms with Gasteiger partial charge in [0.25, 0.3) is 0 Å². The number of hydrogen-bond acceptors (Lipinski definition) is 9. The number of amides is 1. The SMILES string of the molecule is CNC(=O)[C@]12CC1[C@@H](n1cnc3c(NC)nc(C#C/C(N)=C/N)nc31)[C@H](O)[C@@H]2O. The molecule has 2 aliphatic carbocycles. The third-order valence-electron chi connectivity index (χ3n) is 5.80. The zero-order valence-electron chi connectivity index (χ0n) is 15.9. The first-order valence-electron chi connectivity index (χ1n) is 9.09. The van der Waals surface area contributed by atoms with E-state index in [0.717, 1.165) is 0 Å². The van der Waals surface area contributed by atoms with Crippen LogP contribution in [-0.2, 0) is 4.79 Å². The summed E-state index contributed by atoms with van der Waals surface area (Å²) in [4.78, 5) is 25.5. The Labute approximate surface area is 166 Å². The number of aliphatic hydroxyl groups is 2. The molecule has 5 atom stereocenters. The second-order valence-corrected chi connectivity index (χ2v) is 7.20. The molecule has 152 valence electrons. The molecule has 0 bridgehead atoms. The van der Waals surface area contributed by atoms with Crippen molar-refractivity contribution in [2.24, 2.45) is 22.8 Å².